The highest BCUT2D eigenvalue weighted by Gasteiger charge is 2.10. The molecular formula is C17H20ClNO. The van der Waals surface area contributed by atoms with Gasteiger partial charge in [0.1, 0.15) is 5.75 Å². The van der Waals surface area contributed by atoms with E-state index < -0.39 is 0 Å². The summed E-state index contributed by atoms with van der Waals surface area (Å²) in [5.41, 5.74) is 3.42. The van der Waals surface area contributed by atoms with Crippen LogP contribution >= 0.6 is 11.6 Å². The van der Waals surface area contributed by atoms with Gasteiger partial charge in [0.05, 0.1) is 7.11 Å². The zero-order valence-corrected chi connectivity index (χ0v) is 12.9. The van der Waals surface area contributed by atoms with Crippen molar-refractivity contribution in [2.45, 2.75) is 26.4 Å². The number of hydrogen-bond donors (Lipinski definition) is 1. The highest BCUT2D eigenvalue weighted by molar-refractivity contribution is 6.31. The first-order valence-electron chi connectivity index (χ1n) is 6.77. The minimum Gasteiger partial charge on any atom is -0.496 e. The maximum Gasteiger partial charge on any atom is 0.126 e. The fourth-order valence-corrected chi connectivity index (χ4v) is 2.31. The molecule has 0 fully saturated rings. The predicted molar refractivity (Wildman–Crippen MR) is 85.4 cm³/mol. The van der Waals surface area contributed by atoms with Crippen LogP contribution in [0.2, 0.25) is 5.02 Å². The summed E-state index contributed by atoms with van der Waals surface area (Å²) in [7, 11) is 1.68. The van der Waals surface area contributed by atoms with E-state index in [1.54, 1.807) is 7.11 Å². The number of nitrogens with one attached hydrogen (secondary N) is 1. The zero-order valence-electron chi connectivity index (χ0n) is 12.1. The van der Waals surface area contributed by atoms with Crippen molar-refractivity contribution in [3.63, 3.8) is 0 Å². The molecular weight excluding hydrogens is 270 g/mol. The van der Waals surface area contributed by atoms with Gasteiger partial charge in [-0.05, 0) is 29.3 Å². The predicted octanol–water partition coefficient (Wildman–Crippen LogP) is 4.51. The lowest BCUT2D eigenvalue weighted by Gasteiger charge is -2.15. The Morgan fingerprint density at radius 3 is 2.55 bits per heavy atom. The van der Waals surface area contributed by atoms with Crippen molar-refractivity contribution in [1.29, 1.82) is 0 Å². The second kappa shape index (κ2) is 6.78. The van der Waals surface area contributed by atoms with Gasteiger partial charge in [-0.3, -0.25) is 0 Å². The molecule has 0 spiro atoms. The highest BCUT2D eigenvalue weighted by Crippen LogP contribution is 2.34. The Labute approximate surface area is 125 Å². The summed E-state index contributed by atoms with van der Waals surface area (Å²) in [5.74, 6) is 0.839. The maximum atomic E-state index is 6.13. The van der Waals surface area contributed by atoms with Crippen LogP contribution in [0.5, 0.6) is 5.75 Å². The van der Waals surface area contributed by atoms with E-state index in [4.69, 9.17) is 16.3 Å². The second-order valence-electron chi connectivity index (χ2n) is 5.04. The molecule has 2 aromatic rings. The largest absolute Gasteiger partial charge is 0.496 e. The van der Waals surface area contributed by atoms with Crippen molar-refractivity contribution < 1.29 is 4.74 Å². The van der Waals surface area contributed by atoms with Gasteiger partial charge in [0.2, 0.25) is 0 Å². The fourth-order valence-electron chi connectivity index (χ4n) is 2.14. The van der Waals surface area contributed by atoms with Crippen molar-refractivity contribution >= 4 is 11.6 Å². The van der Waals surface area contributed by atoms with Gasteiger partial charge >= 0.3 is 0 Å². The topological polar surface area (TPSA) is 21.3 Å². The average molecular weight is 290 g/mol. The molecule has 2 aromatic carbocycles. The van der Waals surface area contributed by atoms with E-state index in [9.17, 15) is 0 Å². The molecule has 0 atom stereocenters. The van der Waals surface area contributed by atoms with Crippen LogP contribution in [0.25, 0.3) is 11.1 Å². The van der Waals surface area contributed by atoms with Crippen LogP contribution in [-0.2, 0) is 6.54 Å². The van der Waals surface area contributed by atoms with Crippen molar-refractivity contribution in [3.05, 3.63) is 53.1 Å². The van der Waals surface area contributed by atoms with Crippen LogP contribution in [0, 0.1) is 0 Å². The molecule has 0 saturated carbocycles. The highest BCUT2D eigenvalue weighted by atomic mass is 35.5. The average Bonchev–Trinajstić information content (AvgIpc) is 2.45. The lowest BCUT2D eigenvalue weighted by atomic mass is 9.98. The molecule has 106 valence electrons. The van der Waals surface area contributed by atoms with Crippen LogP contribution in [0.1, 0.15) is 19.4 Å². The molecule has 1 N–H and O–H groups in total. The van der Waals surface area contributed by atoms with Crippen molar-refractivity contribution in [1.82, 2.24) is 5.32 Å². The normalized spacial score (nSPS) is 10.8. The molecule has 2 rings (SSSR count). The smallest absolute Gasteiger partial charge is 0.126 e. The molecule has 0 aliphatic rings. The Kier molecular flexibility index (Phi) is 5.05. The fraction of sp³-hybridized carbons (Fsp3) is 0.294. The summed E-state index contributed by atoms with van der Waals surface area (Å²) in [6.07, 6.45) is 0. The molecule has 2 nitrogen and oxygen atoms in total. The molecule has 0 saturated heterocycles. The van der Waals surface area contributed by atoms with Crippen LogP contribution in [0.3, 0.4) is 0 Å². The molecule has 0 aromatic heterocycles. The summed E-state index contributed by atoms with van der Waals surface area (Å²) in [6.45, 7) is 5.11. The SMILES string of the molecule is COc1ccc(Cl)cc1-c1ccccc1CNC(C)C. The van der Waals surface area contributed by atoms with E-state index in [1.165, 1.54) is 5.56 Å². The van der Waals surface area contributed by atoms with Gasteiger partial charge in [0.15, 0.2) is 0 Å². The van der Waals surface area contributed by atoms with Crippen LogP contribution in [0.15, 0.2) is 42.5 Å². The summed E-state index contributed by atoms with van der Waals surface area (Å²) in [6, 6.07) is 14.5. The van der Waals surface area contributed by atoms with Gasteiger partial charge < -0.3 is 10.1 Å². The molecule has 20 heavy (non-hydrogen) atoms. The van der Waals surface area contributed by atoms with E-state index in [-0.39, 0.29) is 0 Å². The Bertz CT molecular complexity index is 581. The van der Waals surface area contributed by atoms with Crippen molar-refractivity contribution in [2.24, 2.45) is 0 Å². The van der Waals surface area contributed by atoms with Crippen LogP contribution in [0.4, 0.5) is 0 Å². The number of rotatable bonds is 5. The number of methoxy groups -OCH3 is 1. The summed E-state index contributed by atoms with van der Waals surface area (Å²) in [4.78, 5) is 0. The van der Waals surface area contributed by atoms with Gasteiger partial charge in [0.25, 0.3) is 0 Å². The van der Waals surface area contributed by atoms with Gasteiger partial charge in [-0.2, -0.15) is 0 Å². The standard InChI is InChI=1S/C17H20ClNO/c1-12(2)19-11-13-6-4-5-7-15(13)16-10-14(18)8-9-17(16)20-3/h4-10,12,19H,11H2,1-3H3. The van der Waals surface area contributed by atoms with Gasteiger partial charge in [-0.25, -0.2) is 0 Å². The molecule has 3 heteroatoms. The van der Waals surface area contributed by atoms with Gasteiger partial charge in [-0.15, -0.1) is 0 Å². The Morgan fingerprint density at radius 1 is 1.10 bits per heavy atom. The van der Waals surface area contributed by atoms with Gasteiger partial charge in [0, 0.05) is 23.2 Å². The first-order valence-corrected chi connectivity index (χ1v) is 7.15. The summed E-state index contributed by atoms with van der Waals surface area (Å²) >= 11 is 6.13. The lowest BCUT2D eigenvalue weighted by Crippen LogP contribution is -2.22. The first-order chi connectivity index (χ1) is 9.61. The third-order valence-electron chi connectivity index (χ3n) is 3.17. The van der Waals surface area contributed by atoms with Gasteiger partial charge in [-0.1, -0.05) is 49.7 Å². The molecule has 0 unspecified atom stereocenters. The number of ether oxygens (including phenoxy) is 1. The first kappa shape index (κ1) is 14.9. The monoisotopic (exact) mass is 289 g/mol. The Balaban J connectivity index is 2.44. The zero-order chi connectivity index (χ0) is 14.5. The minimum atomic E-state index is 0.448. The van der Waals surface area contributed by atoms with E-state index in [1.807, 2.05) is 24.3 Å². The van der Waals surface area contributed by atoms with E-state index in [0.717, 1.165) is 23.4 Å². The third kappa shape index (κ3) is 3.53. The molecule has 0 aliphatic carbocycles. The Morgan fingerprint density at radius 2 is 1.85 bits per heavy atom. The Hall–Kier alpha value is -1.51. The quantitative estimate of drug-likeness (QED) is 0.874. The maximum absolute atomic E-state index is 6.13. The van der Waals surface area contributed by atoms with E-state index in [2.05, 4.69) is 37.4 Å². The van der Waals surface area contributed by atoms with Crippen LogP contribution < -0.4 is 10.1 Å². The molecule has 0 radical (unpaired) electrons. The third-order valence-corrected chi connectivity index (χ3v) is 3.40. The molecule has 0 heterocycles. The molecule has 0 bridgehead atoms. The van der Waals surface area contributed by atoms with Crippen molar-refractivity contribution in [3.8, 4) is 16.9 Å². The summed E-state index contributed by atoms with van der Waals surface area (Å²) in [5, 5.41) is 4.17. The van der Waals surface area contributed by atoms with Crippen molar-refractivity contribution in [2.75, 3.05) is 7.11 Å². The number of benzene rings is 2. The minimum absolute atomic E-state index is 0.448. The van der Waals surface area contributed by atoms with Crippen LogP contribution in [-0.4, -0.2) is 13.2 Å². The second-order valence-corrected chi connectivity index (χ2v) is 5.47. The number of halogens is 1. The lowest BCUT2D eigenvalue weighted by molar-refractivity contribution is 0.416. The van der Waals surface area contributed by atoms with E-state index >= 15 is 0 Å². The number of hydrogen-bond acceptors (Lipinski definition) is 2. The molecule has 0 amide bonds. The van der Waals surface area contributed by atoms with E-state index in [0.29, 0.717) is 11.1 Å². The molecule has 0 aliphatic heterocycles. The summed E-state index contributed by atoms with van der Waals surface area (Å²) < 4.78 is 5.46.